The number of nitrogens with two attached hydrogens (primary N) is 1. The van der Waals surface area contributed by atoms with Gasteiger partial charge in [-0.25, -0.2) is 0 Å². The Balaban J connectivity index is 2.33. The number of imide groups is 1. The maximum Gasteiger partial charge on any atom is 0.249 e. The van der Waals surface area contributed by atoms with E-state index in [4.69, 9.17) is 5.73 Å². The minimum absolute atomic E-state index is 0.0767. The minimum atomic E-state index is -0.370. The Morgan fingerprint density at radius 1 is 1.47 bits per heavy atom. The number of hydrogen-bond acceptors (Lipinski definition) is 4. The smallest absolute Gasteiger partial charge is 0.249 e. The second-order valence-corrected chi connectivity index (χ2v) is 5.57. The first-order valence-corrected chi connectivity index (χ1v) is 6.85. The third-order valence-electron chi connectivity index (χ3n) is 3.23. The largest absolute Gasteiger partial charge is 0.350 e. The third-order valence-corrected chi connectivity index (χ3v) is 3.92. The predicted octanol–water partition coefficient (Wildman–Crippen LogP) is 1.32. The second-order valence-electron chi connectivity index (χ2n) is 4.71. The summed E-state index contributed by atoms with van der Waals surface area (Å²) in [6, 6.07) is 5.23. The van der Waals surface area contributed by atoms with Crippen LogP contribution in [0.15, 0.2) is 22.7 Å². The van der Waals surface area contributed by atoms with Crippen LogP contribution in [0, 0.1) is 0 Å². The maximum absolute atomic E-state index is 11.6. The number of nitrogens with one attached hydrogen (secondary N) is 1. The van der Waals surface area contributed by atoms with Crippen molar-refractivity contribution in [1.82, 2.24) is 5.32 Å². The van der Waals surface area contributed by atoms with Crippen molar-refractivity contribution in [3.8, 4) is 0 Å². The number of nitrogens with zero attached hydrogens (tertiary/aromatic N) is 1. The highest BCUT2D eigenvalue weighted by Crippen LogP contribution is 2.28. The summed E-state index contributed by atoms with van der Waals surface area (Å²) >= 11 is 3.47. The first kappa shape index (κ1) is 14.0. The molecule has 5 nitrogen and oxygen atoms in total. The van der Waals surface area contributed by atoms with Gasteiger partial charge in [0.15, 0.2) is 0 Å². The van der Waals surface area contributed by atoms with Crippen molar-refractivity contribution in [2.75, 3.05) is 11.4 Å². The molecule has 102 valence electrons. The molecule has 1 aromatic carbocycles. The van der Waals surface area contributed by atoms with E-state index in [1.54, 1.807) is 11.8 Å². The van der Waals surface area contributed by atoms with Gasteiger partial charge in [0.25, 0.3) is 0 Å². The zero-order valence-electron chi connectivity index (χ0n) is 10.8. The van der Waals surface area contributed by atoms with E-state index in [0.29, 0.717) is 0 Å². The summed E-state index contributed by atoms with van der Waals surface area (Å²) in [4.78, 5) is 24.9. The number of benzene rings is 1. The normalized spacial score (nSPS) is 21.3. The van der Waals surface area contributed by atoms with Crippen molar-refractivity contribution in [2.24, 2.45) is 5.73 Å². The summed E-state index contributed by atoms with van der Waals surface area (Å²) in [5.74, 6) is -0.556. The lowest BCUT2D eigenvalue weighted by atomic mass is 10.1. The van der Waals surface area contributed by atoms with E-state index in [-0.39, 0.29) is 30.4 Å². The van der Waals surface area contributed by atoms with Crippen LogP contribution in [0.2, 0.25) is 0 Å². The van der Waals surface area contributed by atoms with Gasteiger partial charge < -0.3 is 10.6 Å². The second kappa shape index (κ2) is 5.30. The third kappa shape index (κ3) is 2.79. The van der Waals surface area contributed by atoms with Crippen LogP contribution < -0.4 is 16.0 Å². The van der Waals surface area contributed by atoms with Crippen LogP contribution in [0.4, 0.5) is 5.69 Å². The molecule has 0 aromatic heterocycles. The predicted molar refractivity (Wildman–Crippen MR) is 76.7 cm³/mol. The molecule has 1 aliphatic heterocycles. The highest BCUT2D eigenvalue weighted by Gasteiger charge is 2.30. The molecule has 0 aliphatic carbocycles. The summed E-state index contributed by atoms with van der Waals surface area (Å²) in [6.07, 6.45) is 0. The summed E-state index contributed by atoms with van der Waals surface area (Å²) in [7, 11) is 0. The Bertz CT molecular complexity index is 531. The van der Waals surface area contributed by atoms with Crippen molar-refractivity contribution in [3.63, 3.8) is 0 Å². The van der Waals surface area contributed by atoms with Gasteiger partial charge in [0.05, 0.1) is 6.54 Å². The SMILES string of the molecule is CC(N)c1ccc(N2CC(=O)NC(=O)C2C)cc1Br. The number of piperazine rings is 1. The van der Waals surface area contributed by atoms with Gasteiger partial charge in [0, 0.05) is 16.2 Å². The van der Waals surface area contributed by atoms with Crippen molar-refractivity contribution < 1.29 is 9.59 Å². The van der Waals surface area contributed by atoms with Crippen LogP contribution in [0.25, 0.3) is 0 Å². The van der Waals surface area contributed by atoms with Crippen molar-refractivity contribution in [1.29, 1.82) is 0 Å². The fourth-order valence-electron chi connectivity index (χ4n) is 2.09. The standard InChI is InChI=1S/C13H16BrN3O2/c1-7(15)10-4-3-9(5-11(10)14)17-6-12(18)16-13(19)8(17)2/h3-5,7-8H,6,15H2,1-2H3,(H,16,18,19). The van der Waals surface area contributed by atoms with Crippen LogP contribution in [0.1, 0.15) is 25.5 Å². The van der Waals surface area contributed by atoms with Crippen molar-refractivity contribution in [3.05, 3.63) is 28.2 Å². The van der Waals surface area contributed by atoms with Gasteiger partial charge in [-0.2, -0.15) is 0 Å². The van der Waals surface area contributed by atoms with Gasteiger partial charge in [0.1, 0.15) is 6.04 Å². The van der Waals surface area contributed by atoms with Crippen LogP contribution in [0.3, 0.4) is 0 Å². The molecule has 0 radical (unpaired) electrons. The van der Waals surface area contributed by atoms with E-state index < -0.39 is 0 Å². The summed E-state index contributed by atoms with van der Waals surface area (Å²) < 4.78 is 0.880. The van der Waals surface area contributed by atoms with Crippen LogP contribution in [-0.2, 0) is 9.59 Å². The summed E-state index contributed by atoms with van der Waals surface area (Å²) in [6.45, 7) is 3.85. The molecule has 1 aliphatic rings. The molecule has 6 heteroatoms. The van der Waals surface area contributed by atoms with E-state index in [9.17, 15) is 9.59 Å². The van der Waals surface area contributed by atoms with Crippen LogP contribution in [0.5, 0.6) is 0 Å². The molecule has 1 fully saturated rings. The van der Waals surface area contributed by atoms with E-state index in [0.717, 1.165) is 15.7 Å². The quantitative estimate of drug-likeness (QED) is 0.804. The van der Waals surface area contributed by atoms with Gasteiger partial charge >= 0.3 is 0 Å². The molecule has 2 rings (SSSR count). The molecule has 1 aromatic rings. The molecule has 1 heterocycles. The molecule has 2 atom stereocenters. The van der Waals surface area contributed by atoms with E-state index >= 15 is 0 Å². The first-order chi connectivity index (χ1) is 8.90. The summed E-state index contributed by atoms with van der Waals surface area (Å²) in [5.41, 5.74) is 7.67. The number of amides is 2. The van der Waals surface area contributed by atoms with Gasteiger partial charge in [-0.15, -0.1) is 0 Å². The fourth-order valence-corrected chi connectivity index (χ4v) is 2.82. The molecule has 0 spiro atoms. The molecular formula is C13H16BrN3O2. The molecular weight excluding hydrogens is 310 g/mol. The fraction of sp³-hybridized carbons (Fsp3) is 0.385. The Hall–Kier alpha value is -1.40. The molecule has 2 amide bonds. The van der Waals surface area contributed by atoms with Crippen LogP contribution >= 0.6 is 15.9 Å². The van der Waals surface area contributed by atoms with E-state index in [1.165, 1.54) is 0 Å². The van der Waals surface area contributed by atoms with Gasteiger partial charge in [-0.3, -0.25) is 14.9 Å². The number of rotatable bonds is 2. The molecule has 0 saturated carbocycles. The maximum atomic E-state index is 11.6. The zero-order chi connectivity index (χ0) is 14.2. The Labute approximate surface area is 120 Å². The molecule has 19 heavy (non-hydrogen) atoms. The van der Waals surface area contributed by atoms with Crippen LogP contribution in [-0.4, -0.2) is 24.4 Å². The number of halogens is 1. The Kier molecular flexibility index (Phi) is 3.91. The van der Waals surface area contributed by atoms with E-state index in [2.05, 4.69) is 21.2 Å². The number of anilines is 1. The molecule has 2 unspecified atom stereocenters. The Morgan fingerprint density at radius 3 is 2.74 bits per heavy atom. The lowest BCUT2D eigenvalue weighted by Gasteiger charge is -2.33. The van der Waals surface area contributed by atoms with Crippen molar-refractivity contribution >= 4 is 33.4 Å². The molecule has 3 N–H and O–H groups in total. The molecule has 0 bridgehead atoms. The number of hydrogen-bond donors (Lipinski definition) is 2. The first-order valence-electron chi connectivity index (χ1n) is 6.05. The lowest BCUT2D eigenvalue weighted by Crippen LogP contribution is -2.57. The monoisotopic (exact) mass is 325 g/mol. The van der Waals surface area contributed by atoms with E-state index in [1.807, 2.05) is 25.1 Å². The zero-order valence-corrected chi connectivity index (χ0v) is 12.4. The summed E-state index contributed by atoms with van der Waals surface area (Å²) in [5, 5.41) is 2.32. The minimum Gasteiger partial charge on any atom is -0.350 e. The topological polar surface area (TPSA) is 75.4 Å². The average molecular weight is 326 g/mol. The van der Waals surface area contributed by atoms with Gasteiger partial charge in [-0.05, 0) is 31.5 Å². The molecule has 1 saturated heterocycles. The lowest BCUT2D eigenvalue weighted by molar-refractivity contribution is -0.132. The highest BCUT2D eigenvalue weighted by atomic mass is 79.9. The van der Waals surface area contributed by atoms with Gasteiger partial charge in [0.2, 0.25) is 11.8 Å². The number of carbonyl (C=O) groups excluding carboxylic acids is 2. The number of carbonyl (C=O) groups is 2. The van der Waals surface area contributed by atoms with Crippen molar-refractivity contribution in [2.45, 2.75) is 25.9 Å². The Morgan fingerprint density at radius 2 is 2.16 bits per heavy atom. The average Bonchev–Trinajstić information content (AvgIpc) is 2.33. The van der Waals surface area contributed by atoms with Gasteiger partial charge in [-0.1, -0.05) is 22.0 Å². The highest BCUT2D eigenvalue weighted by molar-refractivity contribution is 9.10.